The molecule has 0 aromatic carbocycles. The molecule has 1 aromatic heterocycles. The summed E-state index contributed by atoms with van der Waals surface area (Å²) in [6, 6.07) is 0.894. The molecule has 0 radical (unpaired) electrons. The van der Waals surface area contributed by atoms with Crippen LogP contribution in [0.15, 0.2) is 11.2 Å². The number of nitrogens with zero attached hydrogens (tertiary/aromatic N) is 3. The minimum Gasteiger partial charge on any atom is -0.383 e. The van der Waals surface area contributed by atoms with Crippen molar-refractivity contribution in [2.45, 2.75) is 33.0 Å². The monoisotopic (exact) mass is 278 g/mol. The van der Waals surface area contributed by atoms with E-state index in [0.29, 0.717) is 0 Å². The highest BCUT2D eigenvalue weighted by atomic mass is 19.4. The number of aryl methyl sites for hydroxylation is 1. The van der Waals surface area contributed by atoms with E-state index in [1.807, 2.05) is 0 Å². The quantitative estimate of drug-likeness (QED) is 0.391. The van der Waals surface area contributed by atoms with Crippen molar-refractivity contribution in [2.24, 2.45) is 10.9 Å². The Bertz CT molecular complexity index is 493. The third kappa shape index (κ3) is 4.27. The number of oxime groups is 1. The van der Waals surface area contributed by atoms with E-state index in [-0.39, 0.29) is 24.5 Å². The van der Waals surface area contributed by atoms with Gasteiger partial charge in [0, 0.05) is 12.1 Å². The lowest BCUT2D eigenvalue weighted by Gasteiger charge is -2.04. The molecule has 0 bridgehead atoms. The van der Waals surface area contributed by atoms with Crippen LogP contribution in [0.2, 0.25) is 0 Å². The molecule has 0 fully saturated rings. The highest BCUT2D eigenvalue weighted by Gasteiger charge is 2.34. The third-order valence-electron chi connectivity index (χ3n) is 2.14. The molecular weight excluding hydrogens is 265 g/mol. The summed E-state index contributed by atoms with van der Waals surface area (Å²) < 4.78 is 38.3. The van der Waals surface area contributed by atoms with Crippen LogP contribution in [0.5, 0.6) is 0 Å². The Labute approximate surface area is 107 Å². The average molecular weight is 278 g/mol. The summed E-state index contributed by atoms with van der Waals surface area (Å²) in [5.74, 6) is -0.738. The first-order valence-electron chi connectivity index (χ1n) is 5.38. The van der Waals surface area contributed by atoms with Crippen molar-refractivity contribution in [2.75, 3.05) is 0 Å². The first-order chi connectivity index (χ1) is 8.74. The second-order valence-corrected chi connectivity index (χ2v) is 3.73. The van der Waals surface area contributed by atoms with E-state index in [1.54, 1.807) is 6.92 Å². The normalized spacial score (nSPS) is 12.6. The number of hydrogen-bond donors (Lipinski definition) is 1. The molecule has 1 rings (SSSR count). The number of rotatable bonds is 4. The molecule has 1 aromatic rings. The number of hydrogen-bond acceptors (Lipinski definition) is 4. The Morgan fingerprint density at radius 3 is 2.68 bits per heavy atom. The zero-order valence-corrected chi connectivity index (χ0v) is 10.4. The van der Waals surface area contributed by atoms with Crippen LogP contribution < -0.4 is 5.73 Å². The average Bonchev–Trinajstić information content (AvgIpc) is 2.67. The number of carbonyl (C=O) groups excluding carboxylic acids is 1. The molecule has 0 saturated carbocycles. The summed E-state index contributed by atoms with van der Waals surface area (Å²) in [7, 11) is 0. The van der Waals surface area contributed by atoms with Gasteiger partial charge in [0.15, 0.2) is 11.5 Å². The van der Waals surface area contributed by atoms with Crippen LogP contribution in [0.1, 0.15) is 24.7 Å². The topological polar surface area (TPSA) is 82.5 Å². The second-order valence-electron chi connectivity index (χ2n) is 3.73. The Kier molecular flexibility index (Phi) is 4.52. The first kappa shape index (κ1) is 15.0. The number of aromatic nitrogens is 2. The summed E-state index contributed by atoms with van der Waals surface area (Å²) in [5.41, 5.74) is 4.69. The van der Waals surface area contributed by atoms with Gasteiger partial charge in [-0.1, -0.05) is 12.1 Å². The molecule has 9 heteroatoms. The standard InChI is InChI=1S/C10H13F3N4O2/c1-3-9(18)19-16-8(14)5-17-6(2)4-7(15-17)10(11,12)13/h4H,3,5H2,1-2H3,(H2,14,16). The minimum atomic E-state index is -4.52. The Morgan fingerprint density at radius 2 is 2.21 bits per heavy atom. The lowest BCUT2D eigenvalue weighted by molar-refractivity contribution is -0.143. The lowest BCUT2D eigenvalue weighted by Crippen LogP contribution is -2.22. The molecule has 0 saturated heterocycles. The van der Waals surface area contributed by atoms with Gasteiger partial charge in [0.2, 0.25) is 0 Å². The molecule has 0 amide bonds. The van der Waals surface area contributed by atoms with E-state index in [4.69, 9.17) is 5.73 Å². The molecule has 0 spiro atoms. The number of carbonyl (C=O) groups is 1. The maximum absolute atomic E-state index is 12.4. The van der Waals surface area contributed by atoms with E-state index in [1.165, 1.54) is 6.92 Å². The maximum Gasteiger partial charge on any atom is 0.435 e. The SMILES string of the molecule is CCC(=O)O/N=C(/N)Cn1nc(C(F)(F)F)cc1C. The van der Waals surface area contributed by atoms with Crippen LogP contribution in [-0.4, -0.2) is 21.6 Å². The molecule has 106 valence electrons. The van der Waals surface area contributed by atoms with Crippen LogP contribution in [0.4, 0.5) is 13.2 Å². The fourth-order valence-electron chi connectivity index (χ4n) is 1.17. The van der Waals surface area contributed by atoms with E-state index in [2.05, 4.69) is 15.1 Å². The van der Waals surface area contributed by atoms with Gasteiger partial charge < -0.3 is 10.6 Å². The van der Waals surface area contributed by atoms with Crippen molar-refractivity contribution < 1.29 is 22.8 Å². The summed E-state index contributed by atoms with van der Waals surface area (Å²) in [6.45, 7) is 2.83. The van der Waals surface area contributed by atoms with E-state index >= 15 is 0 Å². The largest absolute Gasteiger partial charge is 0.435 e. The maximum atomic E-state index is 12.4. The van der Waals surface area contributed by atoms with Crippen molar-refractivity contribution >= 4 is 11.8 Å². The summed E-state index contributed by atoms with van der Waals surface area (Å²) in [5, 5.41) is 6.66. The molecule has 2 N–H and O–H groups in total. The van der Waals surface area contributed by atoms with Gasteiger partial charge in [-0.15, -0.1) is 0 Å². The fourth-order valence-corrected chi connectivity index (χ4v) is 1.17. The number of alkyl halides is 3. The summed E-state index contributed by atoms with van der Waals surface area (Å²) >= 11 is 0. The minimum absolute atomic E-state index is 0.121. The smallest absolute Gasteiger partial charge is 0.383 e. The zero-order valence-electron chi connectivity index (χ0n) is 10.4. The van der Waals surface area contributed by atoms with Crippen LogP contribution in [-0.2, 0) is 22.4 Å². The van der Waals surface area contributed by atoms with Gasteiger partial charge in [0.1, 0.15) is 6.54 Å². The first-order valence-corrected chi connectivity index (χ1v) is 5.38. The van der Waals surface area contributed by atoms with Crippen molar-refractivity contribution in [3.05, 3.63) is 17.5 Å². The predicted molar refractivity (Wildman–Crippen MR) is 60.0 cm³/mol. The molecular formula is C10H13F3N4O2. The Balaban J connectivity index is 2.77. The summed E-state index contributed by atoms with van der Waals surface area (Å²) in [4.78, 5) is 15.2. The van der Waals surface area contributed by atoms with Crippen LogP contribution >= 0.6 is 0 Å². The van der Waals surface area contributed by atoms with Gasteiger partial charge in [-0.2, -0.15) is 18.3 Å². The highest BCUT2D eigenvalue weighted by Crippen LogP contribution is 2.28. The number of amidine groups is 1. The molecule has 0 unspecified atom stereocenters. The van der Waals surface area contributed by atoms with Crippen molar-refractivity contribution in [3.8, 4) is 0 Å². The van der Waals surface area contributed by atoms with E-state index in [0.717, 1.165) is 10.7 Å². The lowest BCUT2D eigenvalue weighted by atomic mass is 10.3. The predicted octanol–water partition coefficient (Wildman–Crippen LogP) is 1.44. The van der Waals surface area contributed by atoms with Gasteiger partial charge in [0.05, 0.1) is 0 Å². The third-order valence-corrected chi connectivity index (χ3v) is 2.14. The molecule has 0 aliphatic rings. The Morgan fingerprint density at radius 1 is 1.58 bits per heavy atom. The second kappa shape index (κ2) is 5.72. The van der Waals surface area contributed by atoms with Crippen molar-refractivity contribution in [1.82, 2.24) is 9.78 Å². The molecule has 0 aliphatic heterocycles. The number of halogens is 3. The van der Waals surface area contributed by atoms with Crippen LogP contribution in [0, 0.1) is 6.92 Å². The fraction of sp³-hybridized carbons (Fsp3) is 0.500. The molecule has 19 heavy (non-hydrogen) atoms. The zero-order chi connectivity index (χ0) is 14.6. The van der Waals surface area contributed by atoms with Crippen molar-refractivity contribution in [3.63, 3.8) is 0 Å². The molecule has 1 heterocycles. The molecule has 0 aliphatic carbocycles. The van der Waals surface area contributed by atoms with E-state index in [9.17, 15) is 18.0 Å². The molecule has 0 atom stereocenters. The number of nitrogens with two attached hydrogens (primary N) is 1. The van der Waals surface area contributed by atoms with Gasteiger partial charge >= 0.3 is 12.1 Å². The summed E-state index contributed by atoms with van der Waals surface area (Å²) in [6.07, 6.45) is -4.40. The van der Waals surface area contributed by atoms with Crippen LogP contribution in [0.25, 0.3) is 0 Å². The van der Waals surface area contributed by atoms with E-state index < -0.39 is 17.8 Å². The van der Waals surface area contributed by atoms with Gasteiger partial charge in [-0.05, 0) is 13.0 Å². The molecule has 6 nitrogen and oxygen atoms in total. The Hall–Kier alpha value is -2.06. The van der Waals surface area contributed by atoms with Gasteiger partial charge in [-0.25, -0.2) is 4.79 Å². The van der Waals surface area contributed by atoms with Gasteiger partial charge in [-0.3, -0.25) is 4.68 Å². The van der Waals surface area contributed by atoms with Gasteiger partial charge in [0.25, 0.3) is 0 Å². The van der Waals surface area contributed by atoms with Crippen molar-refractivity contribution in [1.29, 1.82) is 0 Å². The highest BCUT2D eigenvalue weighted by molar-refractivity contribution is 5.80. The van der Waals surface area contributed by atoms with Crippen LogP contribution in [0.3, 0.4) is 0 Å².